The predicted molar refractivity (Wildman–Crippen MR) is 160 cm³/mol. The van der Waals surface area contributed by atoms with Gasteiger partial charge in [0.2, 0.25) is 0 Å². The Bertz CT molecular complexity index is 1950. The summed E-state index contributed by atoms with van der Waals surface area (Å²) in [4.78, 5) is 36.2. The van der Waals surface area contributed by atoms with Gasteiger partial charge < -0.3 is 15.5 Å². The molecule has 3 N–H and O–H groups in total. The molecule has 44 heavy (non-hydrogen) atoms. The van der Waals surface area contributed by atoms with Gasteiger partial charge >= 0.3 is 0 Å². The van der Waals surface area contributed by atoms with Crippen LogP contribution < -0.4 is 11.1 Å². The molecule has 224 valence electrons. The first kappa shape index (κ1) is 29.1. The summed E-state index contributed by atoms with van der Waals surface area (Å²) in [5.41, 5.74) is 10.0. The van der Waals surface area contributed by atoms with Crippen LogP contribution in [-0.4, -0.2) is 26.2 Å². The normalized spacial score (nSPS) is 16.0. The van der Waals surface area contributed by atoms with E-state index in [1.54, 1.807) is 36.7 Å². The van der Waals surface area contributed by atoms with Gasteiger partial charge in [0.05, 0.1) is 28.1 Å². The van der Waals surface area contributed by atoms with E-state index in [-0.39, 0.29) is 22.9 Å². The largest absolute Gasteiger partial charge is 0.366 e. The minimum atomic E-state index is -0.935. The Balaban J connectivity index is 1.50. The maximum absolute atomic E-state index is 13.8. The highest BCUT2D eigenvalue weighted by molar-refractivity contribution is 6.12. The number of primary amides is 1. The monoisotopic (exact) mass is 597 g/mol. The first-order chi connectivity index (χ1) is 20.9. The van der Waals surface area contributed by atoms with E-state index in [9.17, 15) is 22.8 Å². The molecule has 0 saturated heterocycles. The van der Waals surface area contributed by atoms with E-state index in [2.05, 4.69) is 10.3 Å². The minimum Gasteiger partial charge on any atom is -0.366 e. The van der Waals surface area contributed by atoms with Crippen molar-refractivity contribution in [1.29, 1.82) is 0 Å². The Hall–Kier alpha value is -4.99. The molecule has 0 unspecified atom stereocenters. The van der Waals surface area contributed by atoms with Crippen molar-refractivity contribution in [2.75, 3.05) is 0 Å². The quantitative estimate of drug-likeness (QED) is 0.232. The Morgan fingerprint density at radius 3 is 2.41 bits per heavy atom. The second kappa shape index (κ2) is 10.9. The zero-order valence-corrected chi connectivity index (χ0v) is 24.4. The molecular weight excluding hydrogens is 567 g/mol. The van der Waals surface area contributed by atoms with Crippen LogP contribution in [0.4, 0.5) is 13.2 Å². The van der Waals surface area contributed by atoms with Crippen LogP contribution in [0.3, 0.4) is 0 Å². The van der Waals surface area contributed by atoms with Gasteiger partial charge in [0, 0.05) is 36.5 Å². The smallest absolute Gasteiger partial charge is 0.254 e. The third kappa shape index (κ3) is 5.21. The van der Waals surface area contributed by atoms with Gasteiger partial charge in [-0.2, -0.15) is 0 Å². The molecule has 1 atom stereocenters. The molecule has 0 bridgehead atoms. The van der Waals surface area contributed by atoms with E-state index in [0.29, 0.717) is 53.0 Å². The highest BCUT2D eigenvalue weighted by Crippen LogP contribution is 2.41. The summed E-state index contributed by atoms with van der Waals surface area (Å²) in [7, 11) is 0. The lowest BCUT2D eigenvalue weighted by molar-refractivity contribution is 0.0935. The fourth-order valence-electron chi connectivity index (χ4n) is 6.03. The number of imidazole rings is 1. The van der Waals surface area contributed by atoms with Crippen molar-refractivity contribution in [3.63, 3.8) is 0 Å². The molecule has 0 radical (unpaired) electrons. The standard InChI is InChI=1S/C34H30F3N5O2/c1-18(2)12-26-29(32(38)43)28(30-31(40-26)34(3,41-33(30)44)16-19-4-7-22(35)8-5-19)21-10-11-42-23(17-39-27(42)15-21)13-20-6-9-24(36)25(37)14-20/h4-11,14-15,17-18H,12-13,16H2,1-3H3,(H2,38,43)(H,41,44)/t34-/m0/s1. The fourth-order valence-corrected chi connectivity index (χ4v) is 6.03. The number of amides is 2. The second-order valence-corrected chi connectivity index (χ2v) is 11.9. The van der Waals surface area contributed by atoms with E-state index in [4.69, 9.17) is 10.7 Å². The van der Waals surface area contributed by atoms with E-state index >= 15 is 0 Å². The lowest BCUT2D eigenvalue weighted by atomic mass is 9.85. The van der Waals surface area contributed by atoms with Crippen LogP contribution in [0.25, 0.3) is 16.8 Å². The third-order valence-electron chi connectivity index (χ3n) is 7.98. The van der Waals surface area contributed by atoms with Crippen molar-refractivity contribution in [3.05, 3.63) is 124 Å². The Labute approximate surface area is 252 Å². The average molecular weight is 598 g/mol. The first-order valence-corrected chi connectivity index (χ1v) is 14.3. The number of hydrogen-bond acceptors (Lipinski definition) is 4. The van der Waals surface area contributed by atoms with Crippen molar-refractivity contribution in [3.8, 4) is 11.1 Å². The van der Waals surface area contributed by atoms with Crippen molar-refractivity contribution >= 4 is 17.5 Å². The van der Waals surface area contributed by atoms with Crippen LogP contribution in [0.1, 0.15) is 69.7 Å². The number of hydrogen-bond donors (Lipinski definition) is 2. The van der Waals surface area contributed by atoms with Gasteiger partial charge in [0.1, 0.15) is 11.5 Å². The third-order valence-corrected chi connectivity index (χ3v) is 7.98. The molecule has 0 saturated carbocycles. The molecule has 2 aromatic carbocycles. The van der Waals surface area contributed by atoms with Crippen LogP contribution in [0.15, 0.2) is 67.0 Å². The van der Waals surface area contributed by atoms with Gasteiger partial charge in [0.25, 0.3) is 11.8 Å². The van der Waals surface area contributed by atoms with Crippen LogP contribution in [0, 0.1) is 23.4 Å². The summed E-state index contributed by atoms with van der Waals surface area (Å²) < 4.78 is 42.7. The number of carbonyl (C=O) groups excluding carboxylic acids is 2. The topological polar surface area (TPSA) is 102 Å². The maximum Gasteiger partial charge on any atom is 0.254 e. The van der Waals surface area contributed by atoms with E-state index in [1.807, 2.05) is 25.2 Å². The van der Waals surface area contributed by atoms with E-state index in [0.717, 1.165) is 23.4 Å². The van der Waals surface area contributed by atoms with Gasteiger partial charge in [0.15, 0.2) is 11.6 Å². The Kier molecular flexibility index (Phi) is 7.23. The molecule has 5 aromatic rings. The van der Waals surface area contributed by atoms with Crippen molar-refractivity contribution in [1.82, 2.24) is 19.7 Å². The van der Waals surface area contributed by atoms with Crippen molar-refractivity contribution < 1.29 is 22.8 Å². The minimum absolute atomic E-state index is 0.133. The summed E-state index contributed by atoms with van der Waals surface area (Å²) >= 11 is 0. The first-order valence-electron chi connectivity index (χ1n) is 14.3. The van der Waals surface area contributed by atoms with Gasteiger partial charge in [-0.15, -0.1) is 0 Å². The lowest BCUT2D eigenvalue weighted by Gasteiger charge is -2.26. The predicted octanol–water partition coefficient (Wildman–Crippen LogP) is 5.90. The molecule has 2 amide bonds. The Morgan fingerprint density at radius 1 is 1.00 bits per heavy atom. The summed E-state index contributed by atoms with van der Waals surface area (Å²) in [6.07, 6.45) is 4.50. The molecular formula is C34H30F3N5O2. The number of pyridine rings is 2. The van der Waals surface area contributed by atoms with Gasteiger partial charge in [-0.25, -0.2) is 18.2 Å². The zero-order valence-electron chi connectivity index (χ0n) is 24.4. The highest BCUT2D eigenvalue weighted by atomic mass is 19.2. The molecule has 7 nitrogen and oxygen atoms in total. The van der Waals surface area contributed by atoms with E-state index < -0.39 is 29.0 Å². The molecule has 1 aliphatic heterocycles. The molecule has 0 spiro atoms. The fraction of sp³-hybridized carbons (Fsp3) is 0.235. The van der Waals surface area contributed by atoms with Crippen LogP contribution >= 0.6 is 0 Å². The number of nitrogens with two attached hydrogens (primary N) is 1. The van der Waals surface area contributed by atoms with Crippen molar-refractivity contribution in [2.45, 2.75) is 45.6 Å². The van der Waals surface area contributed by atoms with E-state index in [1.165, 1.54) is 18.2 Å². The number of aromatic nitrogens is 3. The van der Waals surface area contributed by atoms with Gasteiger partial charge in [-0.1, -0.05) is 32.0 Å². The molecule has 6 rings (SSSR count). The number of benzene rings is 2. The van der Waals surface area contributed by atoms with Crippen LogP contribution in [0.2, 0.25) is 0 Å². The number of halogens is 3. The molecule has 10 heteroatoms. The summed E-state index contributed by atoms with van der Waals surface area (Å²) in [5, 5.41) is 3.07. The second-order valence-electron chi connectivity index (χ2n) is 11.9. The number of rotatable bonds is 8. The van der Waals surface area contributed by atoms with Crippen LogP contribution in [-0.2, 0) is 24.8 Å². The number of fused-ring (bicyclic) bond motifs is 2. The number of nitrogens with one attached hydrogen (secondary N) is 1. The maximum atomic E-state index is 13.8. The number of carbonyl (C=O) groups is 2. The van der Waals surface area contributed by atoms with Crippen molar-refractivity contribution in [2.24, 2.45) is 11.7 Å². The van der Waals surface area contributed by atoms with Gasteiger partial charge in [-0.05, 0) is 72.4 Å². The Morgan fingerprint density at radius 2 is 1.73 bits per heavy atom. The zero-order chi connectivity index (χ0) is 31.3. The molecule has 3 aromatic heterocycles. The lowest BCUT2D eigenvalue weighted by Crippen LogP contribution is -2.39. The van der Waals surface area contributed by atoms with Crippen LogP contribution in [0.5, 0.6) is 0 Å². The summed E-state index contributed by atoms with van der Waals surface area (Å²) in [6, 6.07) is 13.4. The summed E-state index contributed by atoms with van der Waals surface area (Å²) in [5.74, 6) is -3.16. The number of nitrogens with zero attached hydrogens (tertiary/aromatic N) is 3. The molecule has 1 aliphatic rings. The average Bonchev–Trinajstić information content (AvgIpc) is 3.47. The highest BCUT2D eigenvalue weighted by Gasteiger charge is 2.44. The molecule has 0 fully saturated rings. The molecule has 4 heterocycles. The SMILES string of the molecule is CC(C)Cc1nc2c(c(-c3ccn4c(Cc5ccc(F)c(F)c5)cnc4c3)c1C(N)=O)C(=O)N[C@@]2(C)Cc1ccc(F)cc1. The molecule has 0 aliphatic carbocycles. The van der Waals surface area contributed by atoms with Gasteiger partial charge in [-0.3, -0.25) is 14.6 Å². The summed E-state index contributed by atoms with van der Waals surface area (Å²) in [6.45, 7) is 5.87.